The van der Waals surface area contributed by atoms with Gasteiger partial charge in [-0.3, -0.25) is 4.99 Å². The molecule has 1 fully saturated rings. The summed E-state index contributed by atoms with van der Waals surface area (Å²) in [5.74, 6) is 1.60. The molecule has 0 aliphatic carbocycles. The molecule has 1 aliphatic heterocycles. The van der Waals surface area contributed by atoms with Gasteiger partial charge in [0.2, 0.25) is 0 Å². The zero-order valence-electron chi connectivity index (χ0n) is 13.2. The van der Waals surface area contributed by atoms with Crippen LogP contribution >= 0.6 is 24.0 Å². The van der Waals surface area contributed by atoms with Crippen LogP contribution in [0.1, 0.15) is 33.6 Å². The van der Waals surface area contributed by atoms with Gasteiger partial charge in [0.05, 0.1) is 0 Å². The number of guanidine groups is 1. The summed E-state index contributed by atoms with van der Waals surface area (Å²) in [4.78, 5) is 7.25. The lowest BCUT2D eigenvalue weighted by Crippen LogP contribution is -2.42. The minimum atomic E-state index is 0. The van der Waals surface area contributed by atoms with Crippen molar-refractivity contribution in [3.63, 3.8) is 0 Å². The zero-order chi connectivity index (χ0) is 14.1. The van der Waals surface area contributed by atoms with Crippen molar-refractivity contribution >= 4 is 29.9 Å². The molecule has 2 N–H and O–H groups in total. The van der Waals surface area contributed by atoms with Crippen LogP contribution in [0.25, 0.3) is 0 Å². The van der Waals surface area contributed by atoms with Gasteiger partial charge in [0.25, 0.3) is 0 Å². The van der Waals surface area contributed by atoms with Gasteiger partial charge in [-0.05, 0) is 46.1 Å². The molecular weight excluding hydrogens is 363 g/mol. The largest absolute Gasteiger partial charge is 0.357 e. The molecule has 0 spiro atoms. The lowest BCUT2D eigenvalue weighted by Gasteiger charge is -2.34. The summed E-state index contributed by atoms with van der Waals surface area (Å²) in [7, 11) is 0. The van der Waals surface area contributed by atoms with Crippen molar-refractivity contribution in [3.8, 4) is 0 Å². The molecule has 5 heteroatoms. The molecule has 4 nitrogen and oxygen atoms in total. The van der Waals surface area contributed by atoms with E-state index in [1.165, 1.54) is 25.9 Å². The predicted molar refractivity (Wildman–Crippen MR) is 99.0 cm³/mol. The van der Waals surface area contributed by atoms with E-state index in [0.29, 0.717) is 12.0 Å². The summed E-state index contributed by atoms with van der Waals surface area (Å²) >= 11 is 0. The van der Waals surface area contributed by atoms with Crippen LogP contribution in [0.2, 0.25) is 0 Å². The molecule has 0 radical (unpaired) electrons. The van der Waals surface area contributed by atoms with E-state index in [4.69, 9.17) is 0 Å². The fraction of sp³-hybridized carbons (Fsp3) is 0.800. The van der Waals surface area contributed by atoms with Gasteiger partial charge in [-0.2, -0.15) is 0 Å². The molecule has 0 saturated carbocycles. The standard InChI is InChI=1S/C15H30N4.HI/c1-5-9-17-15(16-6-2)18-11-14-8-7-10-19(12-14)13(3)4;/h5,13-14H,1,6-12H2,2-4H3,(H2,16,17,18);1H. The lowest BCUT2D eigenvalue weighted by atomic mass is 9.97. The third kappa shape index (κ3) is 7.47. The molecule has 1 rings (SSSR count). The van der Waals surface area contributed by atoms with E-state index in [2.05, 4.69) is 47.9 Å². The van der Waals surface area contributed by atoms with Crippen LogP contribution in [-0.2, 0) is 0 Å². The fourth-order valence-electron chi connectivity index (χ4n) is 2.45. The first-order valence-corrected chi connectivity index (χ1v) is 7.54. The molecule has 0 amide bonds. The summed E-state index contributed by atoms with van der Waals surface area (Å²) in [5.41, 5.74) is 0. The SMILES string of the molecule is C=CCNC(=NCC1CCCN(C(C)C)C1)NCC.I. The first-order chi connectivity index (χ1) is 9.17. The van der Waals surface area contributed by atoms with Gasteiger partial charge >= 0.3 is 0 Å². The average Bonchev–Trinajstić information content (AvgIpc) is 2.42. The maximum Gasteiger partial charge on any atom is 0.191 e. The number of piperidine rings is 1. The fourth-order valence-corrected chi connectivity index (χ4v) is 2.45. The first kappa shape index (κ1) is 19.7. The first-order valence-electron chi connectivity index (χ1n) is 7.54. The van der Waals surface area contributed by atoms with E-state index in [1.54, 1.807) is 0 Å². The molecule has 1 unspecified atom stereocenters. The van der Waals surface area contributed by atoms with Crippen molar-refractivity contribution in [2.45, 2.75) is 39.7 Å². The van der Waals surface area contributed by atoms with Gasteiger partial charge in [0.1, 0.15) is 0 Å². The van der Waals surface area contributed by atoms with Crippen molar-refractivity contribution in [2.75, 3.05) is 32.7 Å². The summed E-state index contributed by atoms with van der Waals surface area (Å²) in [5, 5.41) is 6.52. The summed E-state index contributed by atoms with van der Waals surface area (Å²) < 4.78 is 0. The highest BCUT2D eigenvalue weighted by atomic mass is 127. The van der Waals surface area contributed by atoms with Gasteiger partial charge in [-0.25, -0.2) is 0 Å². The summed E-state index contributed by atoms with van der Waals surface area (Å²) in [6.07, 6.45) is 4.45. The molecule has 1 saturated heterocycles. The summed E-state index contributed by atoms with van der Waals surface area (Å²) in [6, 6.07) is 0.652. The number of nitrogens with one attached hydrogen (secondary N) is 2. The molecule has 0 aromatic rings. The Kier molecular flexibility index (Phi) is 11.2. The Balaban J connectivity index is 0.00000361. The topological polar surface area (TPSA) is 39.7 Å². The quantitative estimate of drug-likeness (QED) is 0.315. The van der Waals surface area contributed by atoms with Crippen LogP contribution in [0.3, 0.4) is 0 Å². The average molecular weight is 394 g/mol. The Morgan fingerprint density at radius 2 is 2.20 bits per heavy atom. The van der Waals surface area contributed by atoms with Crippen LogP contribution < -0.4 is 10.6 Å². The van der Waals surface area contributed by atoms with E-state index in [-0.39, 0.29) is 24.0 Å². The molecule has 1 atom stereocenters. The number of nitrogens with zero attached hydrogens (tertiary/aromatic N) is 2. The van der Waals surface area contributed by atoms with Crippen LogP contribution in [-0.4, -0.2) is 49.6 Å². The highest BCUT2D eigenvalue weighted by Crippen LogP contribution is 2.18. The van der Waals surface area contributed by atoms with E-state index in [9.17, 15) is 0 Å². The smallest absolute Gasteiger partial charge is 0.191 e. The van der Waals surface area contributed by atoms with Crippen molar-refractivity contribution in [3.05, 3.63) is 12.7 Å². The maximum absolute atomic E-state index is 4.69. The number of rotatable bonds is 6. The molecule has 20 heavy (non-hydrogen) atoms. The van der Waals surface area contributed by atoms with Gasteiger partial charge in [0, 0.05) is 32.2 Å². The number of aliphatic imine (C=N–C) groups is 1. The van der Waals surface area contributed by atoms with E-state index >= 15 is 0 Å². The maximum atomic E-state index is 4.69. The Morgan fingerprint density at radius 1 is 1.45 bits per heavy atom. The molecule has 0 aromatic heterocycles. The molecule has 118 valence electrons. The normalized spacial score (nSPS) is 20.4. The van der Waals surface area contributed by atoms with Gasteiger partial charge < -0.3 is 15.5 Å². The van der Waals surface area contributed by atoms with Crippen LogP contribution in [0.4, 0.5) is 0 Å². The van der Waals surface area contributed by atoms with Crippen molar-refractivity contribution in [2.24, 2.45) is 10.9 Å². The van der Waals surface area contributed by atoms with Gasteiger partial charge in [-0.15, -0.1) is 30.6 Å². The zero-order valence-corrected chi connectivity index (χ0v) is 15.5. The van der Waals surface area contributed by atoms with Crippen molar-refractivity contribution < 1.29 is 0 Å². The Morgan fingerprint density at radius 3 is 2.80 bits per heavy atom. The minimum absolute atomic E-state index is 0. The molecule has 0 aromatic carbocycles. The number of likely N-dealkylation sites (tertiary alicyclic amines) is 1. The van der Waals surface area contributed by atoms with E-state index in [0.717, 1.165) is 25.6 Å². The van der Waals surface area contributed by atoms with Gasteiger partial charge in [-0.1, -0.05) is 6.08 Å². The predicted octanol–water partition coefficient (Wildman–Crippen LogP) is 2.47. The third-order valence-electron chi connectivity index (χ3n) is 3.55. The lowest BCUT2D eigenvalue weighted by molar-refractivity contribution is 0.143. The molecular formula is C15H31IN4. The number of hydrogen-bond donors (Lipinski definition) is 2. The Labute approximate surface area is 141 Å². The number of halogens is 1. The molecule has 1 heterocycles. The van der Waals surface area contributed by atoms with Crippen LogP contribution in [0, 0.1) is 5.92 Å². The summed E-state index contributed by atoms with van der Waals surface area (Å²) in [6.45, 7) is 15.4. The highest BCUT2D eigenvalue weighted by molar-refractivity contribution is 14.0. The third-order valence-corrected chi connectivity index (χ3v) is 3.55. The van der Waals surface area contributed by atoms with E-state index in [1.807, 2.05) is 6.08 Å². The Hall–Kier alpha value is -0.300. The Bertz CT molecular complexity index is 292. The number of hydrogen-bond acceptors (Lipinski definition) is 2. The van der Waals surface area contributed by atoms with Crippen LogP contribution in [0.5, 0.6) is 0 Å². The second-order valence-electron chi connectivity index (χ2n) is 5.49. The second kappa shape index (κ2) is 11.4. The minimum Gasteiger partial charge on any atom is -0.357 e. The second-order valence-corrected chi connectivity index (χ2v) is 5.49. The molecule has 1 aliphatic rings. The van der Waals surface area contributed by atoms with Crippen molar-refractivity contribution in [1.82, 2.24) is 15.5 Å². The van der Waals surface area contributed by atoms with Crippen LogP contribution in [0.15, 0.2) is 17.6 Å². The van der Waals surface area contributed by atoms with Gasteiger partial charge in [0.15, 0.2) is 5.96 Å². The molecule has 0 bridgehead atoms. The van der Waals surface area contributed by atoms with Crippen molar-refractivity contribution in [1.29, 1.82) is 0 Å². The highest BCUT2D eigenvalue weighted by Gasteiger charge is 2.21. The van der Waals surface area contributed by atoms with E-state index < -0.39 is 0 Å². The monoisotopic (exact) mass is 394 g/mol.